The summed E-state index contributed by atoms with van der Waals surface area (Å²) in [6, 6.07) is 3.90. The molecule has 0 atom stereocenters. The van der Waals surface area contributed by atoms with Gasteiger partial charge >= 0.3 is 0 Å². The molecule has 3 heterocycles. The number of anilines is 2. The van der Waals surface area contributed by atoms with Gasteiger partial charge in [-0.25, -0.2) is 4.39 Å². The molecular weight excluding hydrogens is 397 g/mol. The maximum atomic E-state index is 13.9. The van der Waals surface area contributed by atoms with E-state index in [-0.39, 0.29) is 11.3 Å². The van der Waals surface area contributed by atoms with E-state index in [0.29, 0.717) is 18.9 Å². The number of pyridine rings is 2. The number of hydrogen-bond donors (Lipinski definition) is 2. The number of amides is 1. The van der Waals surface area contributed by atoms with Gasteiger partial charge in [-0.1, -0.05) is 0 Å². The molecule has 1 aliphatic rings. The normalized spacial score (nSPS) is 15.0. The van der Waals surface area contributed by atoms with Gasteiger partial charge in [-0.15, -0.1) is 0 Å². The molecule has 0 aliphatic carbocycles. The maximum absolute atomic E-state index is 13.9. The summed E-state index contributed by atoms with van der Waals surface area (Å²) in [7, 11) is 0. The molecule has 164 valence electrons. The summed E-state index contributed by atoms with van der Waals surface area (Å²) in [6.07, 6.45) is 6.43. The van der Waals surface area contributed by atoms with Crippen molar-refractivity contribution in [3.8, 4) is 11.1 Å². The molecule has 0 aromatic carbocycles. The van der Waals surface area contributed by atoms with Crippen LogP contribution in [-0.2, 0) is 9.53 Å². The summed E-state index contributed by atoms with van der Waals surface area (Å²) in [6.45, 7) is 9.03. The van der Waals surface area contributed by atoms with E-state index in [1.807, 2.05) is 19.2 Å². The van der Waals surface area contributed by atoms with Gasteiger partial charge in [0.2, 0.25) is 0 Å². The number of ether oxygens (including phenoxy) is 1. The highest BCUT2D eigenvalue weighted by atomic mass is 19.1. The van der Waals surface area contributed by atoms with E-state index < -0.39 is 11.6 Å². The number of aryl methyl sites for hydroxylation is 1. The van der Waals surface area contributed by atoms with Crippen LogP contribution in [0.5, 0.6) is 0 Å². The van der Waals surface area contributed by atoms with E-state index in [1.165, 1.54) is 19.9 Å². The first kappa shape index (κ1) is 22.6. The summed E-state index contributed by atoms with van der Waals surface area (Å²) in [5.74, 6) is -0.411. The second-order valence-electron chi connectivity index (χ2n) is 8.06. The number of halogens is 1. The van der Waals surface area contributed by atoms with E-state index in [4.69, 9.17) is 10.1 Å². The number of carbonyl (C=O) groups is 1. The van der Waals surface area contributed by atoms with Crippen molar-refractivity contribution in [2.75, 3.05) is 36.5 Å². The highest BCUT2D eigenvalue weighted by Gasteiger charge is 2.21. The van der Waals surface area contributed by atoms with Gasteiger partial charge in [0.05, 0.1) is 42.7 Å². The smallest absolute Gasteiger partial charge is 0.251 e. The van der Waals surface area contributed by atoms with Crippen molar-refractivity contribution in [3.63, 3.8) is 0 Å². The second kappa shape index (κ2) is 9.34. The second-order valence-corrected chi connectivity index (χ2v) is 8.06. The van der Waals surface area contributed by atoms with Crippen LogP contribution in [0.2, 0.25) is 0 Å². The predicted molar refractivity (Wildman–Crippen MR) is 121 cm³/mol. The summed E-state index contributed by atoms with van der Waals surface area (Å²) in [5, 5.41) is 10.5. The van der Waals surface area contributed by atoms with E-state index in [9.17, 15) is 9.18 Å². The fraction of sp³-hybridized carbons (Fsp3) is 0.391. The largest absolute Gasteiger partial charge is 0.378 e. The van der Waals surface area contributed by atoms with Gasteiger partial charge in [-0.05, 0) is 45.9 Å². The van der Waals surface area contributed by atoms with E-state index >= 15 is 0 Å². The number of nitrogens with one attached hydrogen (secondary N) is 2. The van der Waals surface area contributed by atoms with Crippen LogP contribution in [0.4, 0.5) is 15.8 Å². The Labute approximate surface area is 181 Å². The van der Waals surface area contributed by atoms with Gasteiger partial charge in [0.15, 0.2) is 0 Å². The Kier molecular flexibility index (Phi) is 6.80. The lowest BCUT2D eigenvalue weighted by Gasteiger charge is -2.28. The molecule has 0 unspecified atom stereocenters. The number of nitrogens with zero attached hydrogens (tertiary/aromatic N) is 3. The molecule has 2 aromatic heterocycles. The predicted octanol–water partition coefficient (Wildman–Crippen LogP) is 3.94. The molecule has 2 N–H and O–H groups in total. The van der Waals surface area contributed by atoms with Crippen LogP contribution in [0.3, 0.4) is 0 Å². The van der Waals surface area contributed by atoms with Crippen molar-refractivity contribution in [2.24, 2.45) is 0 Å². The Morgan fingerprint density at radius 3 is 2.65 bits per heavy atom. The first-order valence-electron chi connectivity index (χ1n) is 10.2. The van der Waals surface area contributed by atoms with E-state index in [2.05, 4.69) is 26.3 Å². The topological polar surface area (TPSA) is 91.2 Å². The first-order chi connectivity index (χ1) is 14.6. The van der Waals surface area contributed by atoms with Crippen molar-refractivity contribution in [1.29, 1.82) is 5.41 Å². The number of carbonyl (C=O) groups excluding carboxylic acids is 1. The fourth-order valence-corrected chi connectivity index (χ4v) is 3.15. The number of alkyl halides is 1. The zero-order valence-corrected chi connectivity index (χ0v) is 18.3. The van der Waals surface area contributed by atoms with Crippen molar-refractivity contribution in [1.82, 2.24) is 9.97 Å². The Bertz CT molecular complexity index is 1010. The van der Waals surface area contributed by atoms with Crippen LogP contribution in [0.25, 0.3) is 11.1 Å². The third-order valence-electron chi connectivity index (χ3n) is 5.12. The van der Waals surface area contributed by atoms with Crippen LogP contribution >= 0.6 is 0 Å². The third-order valence-corrected chi connectivity index (χ3v) is 5.12. The van der Waals surface area contributed by atoms with Crippen molar-refractivity contribution in [3.05, 3.63) is 48.1 Å². The lowest BCUT2D eigenvalue weighted by atomic mass is 10.0. The lowest BCUT2D eigenvalue weighted by molar-refractivity contribution is -0.112. The molecule has 0 radical (unpaired) electrons. The zero-order chi connectivity index (χ0) is 22.6. The minimum atomic E-state index is -1.81. The van der Waals surface area contributed by atoms with E-state index in [1.54, 1.807) is 19.3 Å². The van der Waals surface area contributed by atoms with Gasteiger partial charge in [-0.2, -0.15) is 0 Å². The monoisotopic (exact) mass is 425 g/mol. The number of aromatic nitrogens is 2. The maximum Gasteiger partial charge on any atom is 0.251 e. The molecule has 0 saturated carbocycles. The molecule has 1 saturated heterocycles. The minimum absolute atomic E-state index is 0.244. The average molecular weight is 426 g/mol. The van der Waals surface area contributed by atoms with Crippen LogP contribution in [0, 0.1) is 12.3 Å². The average Bonchev–Trinajstić information content (AvgIpc) is 2.75. The van der Waals surface area contributed by atoms with Crippen LogP contribution in [0.15, 0.2) is 42.4 Å². The van der Waals surface area contributed by atoms with Gasteiger partial charge < -0.3 is 20.4 Å². The highest BCUT2D eigenvalue weighted by Crippen LogP contribution is 2.28. The van der Waals surface area contributed by atoms with Crippen LogP contribution < -0.4 is 10.2 Å². The molecule has 3 rings (SSSR count). The Morgan fingerprint density at radius 2 is 1.97 bits per heavy atom. The van der Waals surface area contributed by atoms with Crippen molar-refractivity contribution >= 4 is 23.0 Å². The summed E-state index contributed by atoms with van der Waals surface area (Å²) < 4.78 is 19.3. The molecular formula is C23H28FN5O2. The lowest BCUT2D eigenvalue weighted by Crippen LogP contribution is -2.36. The molecule has 7 nitrogen and oxygen atoms in total. The summed E-state index contributed by atoms with van der Waals surface area (Å²) >= 11 is 0. The van der Waals surface area contributed by atoms with Crippen LogP contribution in [0.1, 0.15) is 26.5 Å². The molecule has 8 heteroatoms. The minimum Gasteiger partial charge on any atom is -0.378 e. The van der Waals surface area contributed by atoms with Gasteiger partial charge in [0.1, 0.15) is 5.67 Å². The molecule has 1 aliphatic heterocycles. The van der Waals surface area contributed by atoms with Gasteiger partial charge in [-0.3, -0.25) is 14.8 Å². The molecule has 0 bridgehead atoms. The van der Waals surface area contributed by atoms with Crippen molar-refractivity contribution in [2.45, 2.75) is 33.4 Å². The van der Waals surface area contributed by atoms with Gasteiger partial charge in [0.25, 0.3) is 5.91 Å². The summed E-state index contributed by atoms with van der Waals surface area (Å²) in [4.78, 5) is 23.5. The number of allylic oxidation sites excluding steroid dienone is 1. The number of morpholine rings is 1. The zero-order valence-electron chi connectivity index (χ0n) is 18.3. The van der Waals surface area contributed by atoms with Crippen LogP contribution in [-0.4, -0.2) is 53.6 Å². The number of hydrogen-bond acceptors (Lipinski definition) is 6. The SMILES string of the molecule is C/C(=C\C(=N)C(C)(C)F)C(=O)Nc1cnc(C)c(-c2cncc(N3CCOCC3)c2)c1. The third kappa shape index (κ3) is 5.73. The first-order valence-corrected chi connectivity index (χ1v) is 10.2. The fourth-order valence-electron chi connectivity index (χ4n) is 3.15. The quantitative estimate of drug-likeness (QED) is 0.540. The number of rotatable bonds is 6. The molecule has 1 amide bonds. The Balaban J connectivity index is 1.82. The molecule has 1 fully saturated rings. The van der Waals surface area contributed by atoms with Crippen molar-refractivity contribution < 1.29 is 13.9 Å². The molecule has 0 spiro atoms. The Hall–Kier alpha value is -3.13. The van der Waals surface area contributed by atoms with E-state index in [0.717, 1.165) is 35.6 Å². The Morgan fingerprint density at radius 1 is 1.26 bits per heavy atom. The van der Waals surface area contributed by atoms with Gasteiger partial charge in [0, 0.05) is 41.7 Å². The summed E-state index contributed by atoms with van der Waals surface area (Å²) in [5.41, 5.74) is 2.29. The molecule has 2 aromatic rings. The standard InChI is InChI=1S/C23H28FN5O2/c1-15(9-21(25)23(3,4)24)22(30)28-18-11-20(16(2)27-13-18)17-10-19(14-26-12-17)29-5-7-31-8-6-29/h9-14,25H,5-8H2,1-4H3,(H,28,30)/b15-9+,25-21?. The highest BCUT2D eigenvalue weighted by molar-refractivity contribution is 6.10. The molecule has 31 heavy (non-hydrogen) atoms.